The van der Waals surface area contributed by atoms with Crippen molar-refractivity contribution in [3.05, 3.63) is 18.0 Å². The number of aromatic nitrogens is 6. The molecule has 0 bridgehead atoms. The summed E-state index contributed by atoms with van der Waals surface area (Å²) in [4.78, 5) is 0. The van der Waals surface area contributed by atoms with Gasteiger partial charge in [0.1, 0.15) is 0 Å². The summed E-state index contributed by atoms with van der Waals surface area (Å²) in [6, 6.07) is 2.04. The predicted octanol–water partition coefficient (Wildman–Crippen LogP) is 1.13. The zero-order chi connectivity index (χ0) is 15.3. The molecule has 0 unspecified atom stereocenters. The highest BCUT2D eigenvalue weighted by Crippen LogP contribution is 2.15. The normalized spacial score (nSPS) is 12.0. The van der Waals surface area contributed by atoms with Gasteiger partial charge in [0.2, 0.25) is 5.16 Å². The lowest BCUT2D eigenvalue weighted by atomic mass is 10.1. The Labute approximate surface area is 129 Å². The van der Waals surface area contributed by atoms with Crippen molar-refractivity contribution < 1.29 is 0 Å². The van der Waals surface area contributed by atoms with Crippen LogP contribution in [-0.4, -0.2) is 47.8 Å². The van der Waals surface area contributed by atoms with E-state index in [-0.39, 0.29) is 5.54 Å². The molecule has 0 aliphatic carbocycles. The second kappa shape index (κ2) is 7.04. The molecule has 0 spiro atoms. The molecule has 0 aliphatic heterocycles. The van der Waals surface area contributed by atoms with E-state index in [2.05, 4.69) is 46.7 Å². The third-order valence-corrected chi connectivity index (χ3v) is 3.95. The van der Waals surface area contributed by atoms with Gasteiger partial charge < -0.3 is 5.32 Å². The van der Waals surface area contributed by atoms with E-state index in [1.54, 1.807) is 11.8 Å². The molecule has 0 aromatic carbocycles. The average molecular weight is 309 g/mol. The Balaban J connectivity index is 1.79. The van der Waals surface area contributed by atoms with Crippen LogP contribution in [0.3, 0.4) is 0 Å². The summed E-state index contributed by atoms with van der Waals surface area (Å²) in [5, 5.41) is 20.4. The van der Waals surface area contributed by atoms with Crippen LogP contribution in [0.25, 0.3) is 0 Å². The van der Waals surface area contributed by atoms with E-state index in [9.17, 15) is 0 Å². The molecule has 8 heteroatoms. The van der Waals surface area contributed by atoms with Gasteiger partial charge in [-0.05, 0) is 43.7 Å². The molecule has 0 aliphatic rings. The lowest BCUT2D eigenvalue weighted by Crippen LogP contribution is -2.38. The molecule has 0 saturated carbocycles. The first-order valence-electron chi connectivity index (χ1n) is 7.06. The van der Waals surface area contributed by atoms with Crippen molar-refractivity contribution >= 4 is 11.8 Å². The molecular weight excluding hydrogens is 286 g/mol. The smallest absolute Gasteiger partial charge is 0.209 e. The van der Waals surface area contributed by atoms with Crippen LogP contribution >= 0.6 is 11.8 Å². The van der Waals surface area contributed by atoms with Gasteiger partial charge in [-0.25, -0.2) is 4.68 Å². The molecule has 2 heterocycles. The fourth-order valence-corrected chi connectivity index (χ4v) is 2.74. The second-order valence-corrected chi connectivity index (χ2v) is 6.97. The number of hydrogen-bond donors (Lipinski definition) is 1. The fraction of sp³-hybridized carbons (Fsp3) is 0.692. The Hall–Kier alpha value is -1.41. The largest absolute Gasteiger partial charge is 0.310 e. The molecule has 0 saturated heterocycles. The molecule has 21 heavy (non-hydrogen) atoms. The van der Waals surface area contributed by atoms with Crippen molar-refractivity contribution in [2.45, 2.75) is 44.4 Å². The lowest BCUT2D eigenvalue weighted by molar-refractivity contribution is 0.396. The van der Waals surface area contributed by atoms with Crippen LogP contribution in [-0.2, 0) is 20.0 Å². The molecular formula is C13H23N7S. The number of nitrogens with one attached hydrogen (secondary N) is 1. The van der Waals surface area contributed by atoms with E-state index in [0.717, 1.165) is 30.4 Å². The summed E-state index contributed by atoms with van der Waals surface area (Å²) >= 11 is 1.68. The summed E-state index contributed by atoms with van der Waals surface area (Å²) < 4.78 is 3.75. The van der Waals surface area contributed by atoms with Crippen molar-refractivity contribution in [1.82, 2.24) is 35.3 Å². The Morgan fingerprint density at radius 3 is 2.81 bits per heavy atom. The molecule has 0 radical (unpaired) electrons. The van der Waals surface area contributed by atoms with E-state index >= 15 is 0 Å². The van der Waals surface area contributed by atoms with Crippen molar-refractivity contribution in [2.75, 3.05) is 12.3 Å². The number of hydrogen-bond acceptors (Lipinski definition) is 6. The highest BCUT2D eigenvalue weighted by atomic mass is 32.2. The van der Waals surface area contributed by atoms with Gasteiger partial charge in [0.25, 0.3) is 0 Å². The van der Waals surface area contributed by atoms with Crippen LogP contribution < -0.4 is 5.32 Å². The van der Waals surface area contributed by atoms with Gasteiger partial charge >= 0.3 is 0 Å². The maximum Gasteiger partial charge on any atom is 0.209 e. The van der Waals surface area contributed by atoms with E-state index in [1.807, 2.05) is 28.7 Å². The van der Waals surface area contributed by atoms with E-state index < -0.39 is 0 Å². The molecule has 2 aromatic rings. The van der Waals surface area contributed by atoms with E-state index in [0.29, 0.717) is 0 Å². The van der Waals surface area contributed by atoms with Crippen LogP contribution in [0.1, 0.15) is 26.5 Å². The summed E-state index contributed by atoms with van der Waals surface area (Å²) in [5.74, 6) is 0.937. The minimum atomic E-state index is 0.112. The quantitative estimate of drug-likeness (QED) is 0.773. The summed E-state index contributed by atoms with van der Waals surface area (Å²) in [6.45, 7) is 8.07. The fourth-order valence-electron chi connectivity index (χ4n) is 1.87. The van der Waals surface area contributed by atoms with Crippen LogP contribution in [0.2, 0.25) is 0 Å². The first-order chi connectivity index (χ1) is 9.96. The molecule has 2 aromatic heterocycles. The minimum absolute atomic E-state index is 0.112. The van der Waals surface area contributed by atoms with Crippen molar-refractivity contribution in [1.29, 1.82) is 0 Å². The molecule has 116 valence electrons. The summed E-state index contributed by atoms with van der Waals surface area (Å²) in [6.07, 6.45) is 2.77. The van der Waals surface area contributed by atoms with Gasteiger partial charge in [-0.3, -0.25) is 4.68 Å². The van der Waals surface area contributed by atoms with Gasteiger partial charge in [0.05, 0.1) is 6.54 Å². The third-order valence-electron chi connectivity index (χ3n) is 2.99. The Bertz CT molecular complexity index is 555. The number of nitrogens with zero attached hydrogens (tertiary/aromatic N) is 6. The molecule has 0 atom stereocenters. The lowest BCUT2D eigenvalue weighted by Gasteiger charge is -2.20. The Morgan fingerprint density at radius 1 is 1.33 bits per heavy atom. The van der Waals surface area contributed by atoms with Crippen LogP contribution in [0.4, 0.5) is 0 Å². The van der Waals surface area contributed by atoms with Crippen molar-refractivity contribution in [3.63, 3.8) is 0 Å². The maximum absolute atomic E-state index is 4.17. The first-order valence-corrected chi connectivity index (χ1v) is 8.05. The maximum atomic E-state index is 4.17. The number of thioether (sulfide) groups is 1. The Kier molecular flexibility index (Phi) is 5.35. The van der Waals surface area contributed by atoms with Crippen molar-refractivity contribution in [3.8, 4) is 0 Å². The topological polar surface area (TPSA) is 73.5 Å². The SMILES string of the molecule is Cn1nccc1CCSc1nnnn1CCNC(C)(C)C. The average Bonchev–Trinajstić information content (AvgIpc) is 2.99. The zero-order valence-corrected chi connectivity index (χ0v) is 13.9. The minimum Gasteiger partial charge on any atom is -0.310 e. The zero-order valence-electron chi connectivity index (χ0n) is 13.1. The molecule has 2 rings (SSSR count). The van der Waals surface area contributed by atoms with E-state index in [4.69, 9.17) is 0 Å². The van der Waals surface area contributed by atoms with Gasteiger partial charge in [-0.2, -0.15) is 5.10 Å². The summed E-state index contributed by atoms with van der Waals surface area (Å²) in [5.41, 5.74) is 1.33. The molecule has 0 fully saturated rings. The van der Waals surface area contributed by atoms with Crippen LogP contribution in [0, 0.1) is 0 Å². The standard InChI is InChI=1S/C13H23N7S/c1-13(2,3)14-8-9-20-12(16-17-18-20)21-10-6-11-5-7-15-19(11)4/h5,7,14H,6,8-10H2,1-4H3. The molecule has 0 amide bonds. The van der Waals surface area contributed by atoms with Gasteiger partial charge in [-0.15, -0.1) is 5.10 Å². The van der Waals surface area contributed by atoms with Gasteiger partial charge in [0.15, 0.2) is 0 Å². The Morgan fingerprint density at radius 2 is 2.14 bits per heavy atom. The van der Waals surface area contributed by atoms with Gasteiger partial charge in [0, 0.05) is 36.8 Å². The third kappa shape index (κ3) is 5.13. The first kappa shape index (κ1) is 16.0. The molecule has 7 nitrogen and oxygen atoms in total. The molecule has 1 N–H and O–H groups in total. The summed E-state index contributed by atoms with van der Waals surface area (Å²) in [7, 11) is 1.96. The number of rotatable bonds is 7. The monoisotopic (exact) mass is 309 g/mol. The number of tetrazole rings is 1. The van der Waals surface area contributed by atoms with Crippen LogP contribution in [0.15, 0.2) is 17.4 Å². The highest BCUT2D eigenvalue weighted by Gasteiger charge is 2.11. The second-order valence-electron chi connectivity index (χ2n) is 5.91. The van der Waals surface area contributed by atoms with E-state index in [1.165, 1.54) is 5.69 Å². The number of aryl methyl sites for hydroxylation is 2. The van der Waals surface area contributed by atoms with Gasteiger partial charge in [-0.1, -0.05) is 11.8 Å². The highest BCUT2D eigenvalue weighted by molar-refractivity contribution is 7.99. The van der Waals surface area contributed by atoms with Crippen LogP contribution in [0.5, 0.6) is 0 Å². The predicted molar refractivity (Wildman–Crippen MR) is 83.2 cm³/mol. The van der Waals surface area contributed by atoms with Crippen molar-refractivity contribution in [2.24, 2.45) is 7.05 Å².